The zero-order valence-corrected chi connectivity index (χ0v) is 11.1. The molecule has 4 nitrogen and oxygen atoms in total. The van der Waals surface area contributed by atoms with E-state index in [4.69, 9.17) is 5.11 Å². The topological polar surface area (TPSA) is 66.4 Å². The van der Waals surface area contributed by atoms with Crippen LogP contribution in [0.15, 0.2) is 18.2 Å². The van der Waals surface area contributed by atoms with Crippen LogP contribution in [0.1, 0.15) is 22.8 Å². The van der Waals surface area contributed by atoms with Gasteiger partial charge in [0.1, 0.15) is 6.04 Å². The van der Waals surface area contributed by atoms with Crippen molar-refractivity contribution in [3.8, 4) is 0 Å². The number of carboxylic acid groups (broad SMARTS) is 1. The zero-order chi connectivity index (χ0) is 12.3. The average molecular weight is 333 g/mol. The van der Waals surface area contributed by atoms with Gasteiger partial charge in [0.25, 0.3) is 5.91 Å². The van der Waals surface area contributed by atoms with Gasteiger partial charge in [0.2, 0.25) is 0 Å². The average Bonchev–Trinajstić information content (AvgIpc) is 2.16. The Morgan fingerprint density at radius 2 is 2.06 bits per heavy atom. The lowest BCUT2D eigenvalue weighted by Crippen LogP contribution is -2.38. The smallest absolute Gasteiger partial charge is 0.325 e. The van der Waals surface area contributed by atoms with Gasteiger partial charge in [-0.3, -0.25) is 9.59 Å². The summed E-state index contributed by atoms with van der Waals surface area (Å²) in [5.74, 6) is -1.39. The number of hydrogen-bond acceptors (Lipinski definition) is 2. The molecule has 0 aliphatic rings. The molecular weight excluding hydrogens is 321 g/mol. The Morgan fingerprint density at radius 3 is 2.56 bits per heavy atom. The van der Waals surface area contributed by atoms with Crippen LogP contribution in [-0.2, 0) is 4.79 Å². The van der Waals surface area contributed by atoms with Crippen molar-refractivity contribution in [1.29, 1.82) is 0 Å². The summed E-state index contributed by atoms with van der Waals surface area (Å²) in [7, 11) is 0. The molecule has 0 fully saturated rings. The fourth-order valence-electron chi connectivity index (χ4n) is 1.25. The highest BCUT2D eigenvalue weighted by Gasteiger charge is 2.18. The number of nitrogens with one attached hydrogen (secondary N) is 1. The number of rotatable bonds is 3. The van der Waals surface area contributed by atoms with Crippen molar-refractivity contribution in [2.75, 3.05) is 0 Å². The van der Waals surface area contributed by atoms with Gasteiger partial charge >= 0.3 is 5.97 Å². The minimum atomic E-state index is -1.04. The molecular formula is C11H12INO3. The van der Waals surface area contributed by atoms with Crippen molar-refractivity contribution in [1.82, 2.24) is 5.32 Å². The number of benzene rings is 1. The van der Waals surface area contributed by atoms with Gasteiger partial charge in [-0.1, -0.05) is 12.1 Å². The van der Waals surface area contributed by atoms with Gasteiger partial charge in [-0.05, 0) is 48.1 Å². The Morgan fingerprint density at radius 1 is 1.44 bits per heavy atom. The Labute approximate surface area is 107 Å². The molecule has 0 bridgehead atoms. The molecule has 1 rings (SSSR count). The minimum Gasteiger partial charge on any atom is -0.480 e. The largest absolute Gasteiger partial charge is 0.480 e. The predicted octanol–water partition coefficient (Wildman–Crippen LogP) is 1.80. The summed E-state index contributed by atoms with van der Waals surface area (Å²) >= 11 is 2.06. The number of carbonyl (C=O) groups excluding carboxylic acids is 1. The number of amides is 1. The standard InChI is InChI=1S/C11H12INO3/c1-6-4-3-5-8(12)9(6)10(14)13-7(2)11(15)16/h3-5,7H,1-2H3,(H,13,14)(H,15,16)/t7-/m0/s1. The first-order valence-electron chi connectivity index (χ1n) is 4.72. The minimum absolute atomic E-state index is 0.350. The molecule has 0 heterocycles. The summed E-state index contributed by atoms with van der Waals surface area (Å²) in [6.07, 6.45) is 0. The first-order chi connectivity index (χ1) is 7.43. The van der Waals surface area contributed by atoms with Crippen LogP contribution in [0.5, 0.6) is 0 Å². The third-order valence-electron chi connectivity index (χ3n) is 2.17. The number of aliphatic carboxylic acids is 1. The molecule has 0 saturated carbocycles. The van der Waals surface area contributed by atoms with Crippen LogP contribution < -0.4 is 5.32 Å². The third-order valence-corrected chi connectivity index (χ3v) is 3.07. The number of aryl methyl sites for hydroxylation is 1. The van der Waals surface area contributed by atoms with Crippen LogP contribution in [0, 0.1) is 10.5 Å². The Bertz CT molecular complexity index is 411. The number of halogens is 1. The summed E-state index contributed by atoms with van der Waals surface area (Å²) in [4.78, 5) is 22.4. The molecule has 1 amide bonds. The summed E-state index contributed by atoms with van der Waals surface area (Å²) < 4.78 is 0.813. The lowest BCUT2D eigenvalue weighted by Gasteiger charge is -2.12. The van der Waals surface area contributed by atoms with Crippen molar-refractivity contribution in [3.63, 3.8) is 0 Å². The molecule has 1 aromatic rings. The van der Waals surface area contributed by atoms with Gasteiger partial charge in [-0.25, -0.2) is 0 Å². The summed E-state index contributed by atoms with van der Waals surface area (Å²) in [6.45, 7) is 3.26. The highest BCUT2D eigenvalue weighted by Crippen LogP contribution is 2.16. The first kappa shape index (κ1) is 13.0. The van der Waals surface area contributed by atoms with Crippen LogP contribution in [0.3, 0.4) is 0 Å². The van der Waals surface area contributed by atoms with Gasteiger partial charge < -0.3 is 10.4 Å². The SMILES string of the molecule is Cc1cccc(I)c1C(=O)N[C@@H](C)C(=O)O. The molecule has 0 aromatic heterocycles. The monoisotopic (exact) mass is 333 g/mol. The van der Waals surface area contributed by atoms with Crippen LogP contribution in [0.4, 0.5) is 0 Å². The lowest BCUT2D eigenvalue weighted by molar-refractivity contribution is -0.138. The highest BCUT2D eigenvalue weighted by atomic mass is 127. The summed E-state index contributed by atoms with van der Waals surface area (Å²) in [5, 5.41) is 11.1. The first-order valence-corrected chi connectivity index (χ1v) is 5.80. The van der Waals surface area contributed by atoms with Crippen molar-refractivity contribution in [2.45, 2.75) is 19.9 Å². The van der Waals surface area contributed by atoms with E-state index in [9.17, 15) is 9.59 Å². The van der Waals surface area contributed by atoms with Gasteiger partial charge in [-0.15, -0.1) is 0 Å². The van der Waals surface area contributed by atoms with E-state index < -0.39 is 12.0 Å². The van der Waals surface area contributed by atoms with Crippen molar-refractivity contribution in [3.05, 3.63) is 32.9 Å². The number of hydrogen-bond donors (Lipinski definition) is 2. The van der Waals surface area contributed by atoms with Crippen LogP contribution in [0.25, 0.3) is 0 Å². The second-order valence-electron chi connectivity index (χ2n) is 3.47. The third kappa shape index (κ3) is 2.94. The molecule has 5 heteroatoms. The van der Waals surface area contributed by atoms with Crippen LogP contribution in [0.2, 0.25) is 0 Å². The van der Waals surface area contributed by atoms with E-state index in [-0.39, 0.29) is 5.91 Å². The second kappa shape index (κ2) is 5.29. The molecule has 1 aromatic carbocycles. The maximum atomic E-state index is 11.8. The Hall–Kier alpha value is -1.11. The van der Waals surface area contributed by atoms with Crippen LogP contribution >= 0.6 is 22.6 Å². The molecule has 0 unspecified atom stereocenters. The molecule has 2 N–H and O–H groups in total. The molecule has 0 spiro atoms. The number of carboxylic acids is 1. The van der Waals surface area contributed by atoms with Gasteiger partial charge in [0.15, 0.2) is 0 Å². The van der Waals surface area contributed by atoms with E-state index >= 15 is 0 Å². The predicted molar refractivity (Wildman–Crippen MR) is 68.5 cm³/mol. The maximum absolute atomic E-state index is 11.8. The molecule has 0 saturated heterocycles. The molecule has 0 radical (unpaired) electrons. The summed E-state index contributed by atoms with van der Waals surface area (Å²) in [5.41, 5.74) is 1.37. The normalized spacial score (nSPS) is 11.9. The van der Waals surface area contributed by atoms with Gasteiger partial charge in [-0.2, -0.15) is 0 Å². The fourth-order valence-corrected chi connectivity index (χ4v) is 2.13. The van der Waals surface area contributed by atoms with E-state index in [0.717, 1.165) is 9.13 Å². The van der Waals surface area contributed by atoms with Crippen molar-refractivity contribution >= 4 is 34.5 Å². The fraction of sp³-hybridized carbons (Fsp3) is 0.273. The molecule has 1 atom stereocenters. The van der Waals surface area contributed by atoms with Crippen molar-refractivity contribution in [2.24, 2.45) is 0 Å². The van der Waals surface area contributed by atoms with Gasteiger partial charge in [0.05, 0.1) is 5.56 Å². The van der Waals surface area contributed by atoms with Crippen LogP contribution in [-0.4, -0.2) is 23.0 Å². The molecule has 16 heavy (non-hydrogen) atoms. The number of carbonyl (C=O) groups is 2. The van der Waals surface area contributed by atoms with Crippen molar-refractivity contribution < 1.29 is 14.7 Å². The Kier molecular flexibility index (Phi) is 4.28. The quantitative estimate of drug-likeness (QED) is 0.829. The molecule has 0 aliphatic carbocycles. The Balaban J connectivity index is 2.93. The lowest BCUT2D eigenvalue weighted by atomic mass is 10.1. The van der Waals surface area contributed by atoms with Gasteiger partial charge in [0, 0.05) is 3.57 Å². The maximum Gasteiger partial charge on any atom is 0.325 e. The van der Waals surface area contributed by atoms with E-state index in [2.05, 4.69) is 27.9 Å². The van der Waals surface area contributed by atoms with E-state index in [1.165, 1.54) is 6.92 Å². The summed E-state index contributed by atoms with van der Waals surface area (Å²) in [6, 6.07) is 4.60. The van der Waals surface area contributed by atoms with E-state index in [1.807, 2.05) is 25.1 Å². The second-order valence-corrected chi connectivity index (χ2v) is 4.63. The zero-order valence-electron chi connectivity index (χ0n) is 8.95. The van der Waals surface area contributed by atoms with E-state index in [1.54, 1.807) is 0 Å². The molecule has 86 valence electrons. The van der Waals surface area contributed by atoms with E-state index in [0.29, 0.717) is 5.56 Å². The highest BCUT2D eigenvalue weighted by molar-refractivity contribution is 14.1. The molecule has 0 aliphatic heterocycles.